The van der Waals surface area contributed by atoms with Crippen LogP contribution in [0.25, 0.3) is 0 Å². The summed E-state index contributed by atoms with van der Waals surface area (Å²) in [6, 6.07) is 1.90. The number of carbonyl (C=O) groups excluding carboxylic acids is 1. The number of ether oxygens (including phenoxy) is 1. The van der Waals surface area contributed by atoms with E-state index in [1.165, 1.54) is 32.1 Å². The molecule has 4 fully saturated rings. The van der Waals surface area contributed by atoms with Crippen LogP contribution < -0.4 is 0 Å². The quantitative estimate of drug-likeness (QED) is 0.757. The molecular formula is C26H40N2O3. The number of Topliss-reactive ketones (excluding diaryl/α,β-unsaturated/α-hetero) is 1. The zero-order valence-electron chi connectivity index (χ0n) is 19.5. The van der Waals surface area contributed by atoms with E-state index in [0.717, 1.165) is 37.7 Å². The highest BCUT2D eigenvalue weighted by atomic mass is 16.5. The van der Waals surface area contributed by atoms with Gasteiger partial charge in [0.2, 0.25) is 0 Å². The smallest absolute Gasteiger partial charge is 0.157 e. The number of nitrogens with zero attached hydrogens (tertiary/aromatic N) is 2. The number of ketones is 1. The summed E-state index contributed by atoms with van der Waals surface area (Å²) < 4.78 is 7.44. The van der Waals surface area contributed by atoms with Crippen LogP contribution in [-0.4, -0.2) is 40.0 Å². The molecule has 9 atom stereocenters. The third-order valence-electron chi connectivity index (χ3n) is 10.00. The first-order valence-corrected chi connectivity index (χ1v) is 12.5. The first-order chi connectivity index (χ1) is 14.8. The minimum Gasteiger partial charge on any atom is -0.390 e. The highest BCUT2D eigenvalue weighted by Gasteiger charge is 2.60. The van der Waals surface area contributed by atoms with E-state index in [2.05, 4.69) is 12.0 Å². The summed E-state index contributed by atoms with van der Waals surface area (Å²) in [5.74, 6) is 4.50. The Kier molecular flexibility index (Phi) is 5.57. The van der Waals surface area contributed by atoms with Crippen molar-refractivity contribution in [3.05, 3.63) is 18.5 Å². The lowest BCUT2D eigenvalue weighted by Crippen LogP contribution is -2.54. The largest absolute Gasteiger partial charge is 0.390 e. The van der Waals surface area contributed by atoms with Crippen molar-refractivity contribution >= 4 is 5.78 Å². The van der Waals surface area contributed by atoms with E-state index in [0.29, 0.717) is 36.0 Å². The molecule has 172 valence electrons. The molecule has 31 heavy (non-hydrogen) atoms. The fraction of sp³-hybridized carbons (Fsp3) is 0.846. The Balaban J connectivity index is 1.35. The van der Waals surface area contributed by atoms with E-state index in [-0.39, 0.29) is 11.3 Å². The third-order valence-corrected chi connectivity index (χ3v) is 10.00. The molecular weight excluding hydrogens is 388 g/mol. The predicted molar refractivity (Wildman–Crippen MR) is 119 cm³/mol. The number of aromatic nitrogens is 2. The average molecular weight is 429 g/mol. The molecule has 1 aromatic heterocycles. The molecule has 0 spiro atoms. The van der Waals surface area contributed by atoms with E-state index in [1.807, 2.05) is 26.3 Å². The maximum Gasteiger partial charge on any atom is 0.157 e. The van der Waals surface area contributed by atoms with Gasteiger partial charge in [0.05, 0.1) is 12.1 Å². The summed E-state index contributed by atoms with van der Waals surface area (Å²) in [5.41, 5.74) is -0.396. The maximum absolute atomic E-state index is 13.3. The van der Waals surface area contributed by atoms with E-state index >= 15 is 0 Å². The van der Waals surface area contributed by atoms with Crippen LogP contribution in [0.15, 0.2) is 18.5 Å². The first-order valence-electron chi connectivity index (χ1n) is 12.5. The van der Waals surface area contributed by atoms with Crippen LogP contribution in [0.4, 0.5) is 0 Å². The van der Waals surface area contributed by atoms with Crippen molar-refractivity contribution in [3.63, 3.8) is 0 Å². The Labute approximate surface area is 186 Å². The molecule has 4 saturated carbocycles. The van der Waals surface area contributed by atoms with Gasteiger partial charge in [-0.05, 0) is 105 Å². The van der Waals surface area contributed by atoms with Crippen molar-refractivity contribution in [1.29, 1.82) is 0 Å². The van der Waals surface area contributed by atoms with E-state index in [4.69, 9.17) is 4.74 Å². The highest BCUT2D eigenvalue weighted by molar-refractivity contribution is 5.82. The molecule has 5 heteroatoms. The van der Waals surface area contributed by atoms with Crippen LogP contribution in [0, 0.1) is 46.8 Å². The van der Waals surface area contributed by atoms with E-state index < -0.39 is 5.60 Å². The van der Waals surface area contributed by atoms with Crippen molar-refractivity contribution in [2.75, 3.05) is 13.7 Å². The third kappa shape index (κ3) is 3.70. The summed E-state index contributed by atoms with van der Waals surface area (Å²) in [5, 5.41) is 15.2. The Bertz CT molecular complexity index is 791. The summed E-state index contributed by atoms with van der Waals surface area (Å²) >= 11 is 0. The molecule has 1 N–H and O–H groups in total. The maximum atomic E-state index is 13.3. The second-order valence-electron chi connectivity index (χ2n) is 11.8. The fourth-order valence-electron chi connectivity index (χ4n) is 9.06. The van der Waals surface area contributed by atoms with Crippen molar-refractivity contribution in [2.24, 2.45) is 46.8 Å². The lowest BCUT2D eigenvalue weighted by molar-refractivity contribution is -0.143. The predicted octanol–water partition coefficient (Wildman–Crippen LogP) is 4.34. The van der Waals surface area contributed by atoms with Gasteiger partial charge in [-0.1, -0.05) is 6.92 Å². The number of hydrogen-bond donors (Lipinski definition) is 1. The second kappa shape index (κ2) is 7.98. The molecule has 1 aromatic rings. The van der Waals surface area contributed by atoms with Crippen molar-refractivity contribution < 1.29 is 14.6 Å². The van der Waals surface area contributed by atoms with Gasteiger partial charge in [0.25, 0.3) is 0 Å². The Morgan fingerprint density at radius 1 is 1.16 bits per heavy atom. The van der Waals surface area contributed by atoms with E-state index in [1.54, 1.807) is 10.9 Å². The van der Waals surface area contributed by atoms with Crippen molar-refractivity contribution in [1.82, 2.24) is 9.78 Å². The second-order valence-corrected chi connectivity index (χ2v) is 11.8. The van der Waals surface area contributed by atoms with Crippen LogP contribution in [0.1, 0.15) is 65.2 Å². The van der Waals surface area contributed by atoms with Gasteiger partial charge < -0.3 is 9.84 Å². The SMILES string of the molecule is COC[C@@H]1C[C@@](C)(O)C[C@@H]2CC[C@@H]3[C@H](CC[C@]4(C)[C@@H](C(=O)Cn5cccn5)CC[C@@H]34)C12. The fourth-order valence-corrected chi connectivity index (χ4v) is 9.06. The number of carbonyl (C=O) groups is 1. The number of methoxy groups -OCH3 is 1. The number of aliphatic hydroxyl groups is 1. The average Bonchev–Trinajstić information content (AvgIpc) is 3.33. The van der Waals surface area contributed by atoms with Crippen LogP contribution in [-0.2, 0) is 16.1 Å². The molecule has 0 saturated heterocycles. The minimum atomic E-state index is -0.544. The standard InChI is InChI=1S/C26H40N2O3/c1-25(30)13-17-5-6-19-20(24(17)18(14-25)16-31-3)9-10-26(2)21(19)7-8-22(26)23(29)15-28-12-4-11-27-28/h4,11-12,17-22,24,30H,5-10,13-16H2,1-3H3/t17-,18-,19+,20-,21-,22+,24?,25-,26-/m0/s1. The summed E-state index contributed by atoms with van der Waals surface area (Å²) in [6.45, 7) is 5.65. The monoisotopic (exact) mass is 428 g/mol. The van der Waals surface area contributed by atoms with Gasteiger partial charge >= 0.3 is 0 Å². The van der Waals surface area contributed by atoms with Crippen LogP contribution in [0.3, 0.4) is 0 Å². The minimum absolute atomic E-state index is 0.148. The normalized spacial score (nSPS) is 46.8. The molecule has 4 aliphatic rings. The van der Waals surface area contributed by atoms with Gasteiger partial charge in [0.1, 0.15) is 0 Å². The Morgan fingerprint density at radius 3 is 2.74 bits per heavy atom. The zero-order valence-corrected chi connectivity index (χ0v) is 19.5. The van der Waals surface area contributed by atoms with Crippen molar-refractivity contribution in [3.8, 4) is 0 Å². The van der Waals surface area contributed by atoms with Gasteiger partial charge in [-0.2, -0.15) is 5.10 Å². The highest BCUT2D eigenvalue weighted by Crippen LogP contribution is 2.65. The number of rotatable bonds is 5. The molecule has 4 aliphatic carbocycles. The van der Waals surface area contributed by atoms with Crippen LogP contribution in [0.2, 0.25) is 0 Å². The van der Waals surface area contributed by atoms with Gasteiger partial charge in [0, 0.05) is 32.0 Å². The zero-order chi connectivity index (χ0) is 21.8. The van der Waals surface area contributed by atoms with Crippen LogP contribution >= 0.6 is 0 Å². The first kappa shape index (κ1) is 21.6. The molecule has 1 unspecified atom stereocenters. The van der Waals surface area contributed by atoms with Gasteiger partial charge in [-0.15, -0.1) is 0 Å². The Hall–Kier alpha value is -1.20. The van der Waals surface area contributed by atoms with Crippen LogP contribution in [0.5, 0.6) is 0 Å². The molecule has 5 nitrogen and oxygen atoms in total. The molecule has 0 amide bonds. The molecule has 0 aliphatic heterocycles. The summed E-state index contributed by atoms with van der Waals surface area (Å²) in [4.78, 5) is 13.3. The van der Waals surface area contributed by atoms with Gasteiger partial charge in [-0.3, -0.25) is 9.48 Å². The summed E-state index contributed by atoms with van der Waals surface area (Å²) in [6.07, 6.45) is 12.7. The lowest BCUT2D eigenvalue weighted by Gasteiger charge is -2.58. The van der Waals surface area contributed by atoms with Crippen molar-refractivity contribution in [2.45, 2.75) is 77.4 Å². The summed E-state index contributed by atoms with van der Waals surface area (Å²) in [7, 11) is 1.81. The molecule has 0 radical (unpaired) electrons. The van der Waals surface area contributed by atoms with Gasteiger partial charge in [0.15, 0.2) is 5.78 Å². The molecule has 1 heterocycles. The number of fused-ring (bicyclic) bond motifs is 5. The number of hydrogen-bond acceptors (Lipinski definition) is 4. The van der Waals surface area contributed by atoms with E-state index in [9.17, 15) is 9.90 Å². The molecule has 0 aromatic carbocycles. The molecule has 0 bridgehead atoms. The lowest BCUT2D eigenvalue weighted by atomic mass is 9.47. The van der Waals surface area contributed by atoms with Gasteiger partial charge in [-0.25, -0.2) is 0 Å². The molecule has 5 rings (SSSR count). The topological polar surface area (TPSA) is 64.3 Å². The Morgan fingerprint density at radius 2 is 2.00 bits per heavy atom.